The van der Waals surface area contributed by atoms with Crippen molar-refractivity contribution in [3.63, 3.8) is 0 Å². The van der Waals surface area contributed by atoms with Crippen LogP contribution in [-0.2, 0) is 0 Å². The summed E-state index contributed by atoms with van der Waals surface area (Å²) >= 11 is 1.59. The maximum absolute atomic E-state index is 12.8. The molecular formula is C19H25Cl2N3OS. The fraction of sp³-hybridized carbons (Fsp3) is 0.368. The van der Waals surface area contributed by atoms with E-state index < -0.39 is 0 Å². The maximum Gasteiger partial charge on any atom is 0.254 e. The van der Waals surface area contributed by atoms with E-state index in [1.807, 2.05) is 47.4 Å². The largest absolute Gasteiger partial charge is 0.334 e. The first kappa shape index (κ1) is 22.8. The number of nitrogens with zero attached hydrogens (tertiary/aromatic N) is 2. The molecule has 2 atom stereocenters. The van der Waals surface area contributed by atoms with Gasteiger partial charge in [0, 0.05) is 35.8 Å². The van der Waals surface area contributed by atoms with E-state index in [1.54, 1.807) is 18.0 Å². The lowest BCUT2D eigenvalue weighted by Crippen LogP contribution is -2.49. The zero-order chi connectivity index (χ0) is 16.9. The van der Waals surface area contributed by atoms with Gasteiger partial charge >= 0.3 is 0 Å². The smallest absolute Gasteiger partial charge is 0.254 e. The Morgan fingerprint density at radius 3 is 2.58 bits per heavy atom. The van der Waals surface area contributed by atoms with Gasteiger partial charge in [-0.25, -0.2) is 4.98 Å². The minimum absolute atomic E-state index is 0. The predicted octanol–water partition coefficient (Wildman–Crippen LogP) is 4.28. The molecule has 1 saturated heterocycles. The fourth-order valence-corrected chi connectivity index (χ4v) is 3.88. The number of halogens is 2. The minimum atomic E-state index is 0. The van der Waals surface area contributed by atoms with Gasteiger partial charge in [-0.3, -0.25) is 4.79 Å². The van der Waals surface area contributed by atoms with Crippen LogP contribution in [0.2, 0.25) is 0 Å². The Hall–Kier alpha value is -1.27. The summed E-state index contributed by atoms with van der Waals surface area (Å²) in [7, 11) is 0. The highest BCUT2D eigenvalue weighted by Gasteiger charge is 2.29. The predicted molar refractivity (Wildman–Crippen MR) is 112 cm³/mol. The Balaban J connectivity index is 0.00000169. The second-order valence-corrected chi connectivity index (χ2v) is 7.41. The molecule has 0 radical (unpaired) electrons. The standard InChI is InChI=1S/C19H23N3OS.2ClH/c1-14-9-11-22(16(12-14)13-20)19(23)15-5-7-17(8-6-15)24-18-4-2-3-10-21-18;;/h2-8,10,14,16H,9,11-13,20H2,1H3;2*1H. The molecule has 1 aromatic heterocycles. The molecule has 3 rings (SSSR count). The van der Waals surface area contributed by atoms with Gasteiger partial charge in [-0.1, -0.05) is 24.8 Å². The van der Waals surface area contributed by atoms with Gasteiger partial charge in [-0.15, -0.1) is 24.8 Å². The quantitative estimate of drug-likeness (QED) is 0.812. The summed E-state index contributed by atoms with van der Waals surface area (Å²) in [5.74, 6) is 0.728. The van der Waals surface area contributed by atoms with Crippen molar-refractivity contribution >= 4 is 42.5 Å². The Bertz CT molecular complexity index is 685. The highest BCUT2D eigenvalue weighted by molar-refractivity contribution is 7.99. The normalized spacial score (nSPS) is 19.2. The minimum Gasteiger partial charge on any atom is -0.334 e. The summed E-state index contributed by atoms with van der Waals surface area (Å²) < 4.78 is 0. The number of amides is 1. The van der Waals surface area contributed by atoms with Crippen LogP contribution in [0.1, 0.15) is 30.1 Å². The number of rotatable bonds is 4. The van der Waals surface area contributed by atoms with E-state index in [9.17, 15) is 4.79 Å². The van der Waals surface area contributed by atoms with Crippen molar-refractivity contribution in [2.24, 2.45) is 11.7 Å². The monoisotopic (exact) mass is 413 g/mol. The van der Waals surface area contributed by atoms with E-state index in [2.05, 4.69) is 11.9 Å². The first-order valence-electron chi connectivity index (χ1n) is 8.37. The number of carbonyl (C=O) groups is 1. The molecule has 2 heterocycles. The van der Waals surface area contributed by atoms with Gasteiger partial charge in [0.05, 0.1) is 0 Å². The molecule has 1 amide bonds. The van der Waals surface area contributed by atoms with Crippen molar-refractivity contribution in [3.05, 3.63) is 54.2 Å². The zero-order valence-electron chi connectivity index (χ0n) is 14.7. The van der Waals surface area contributed by atoms with Crippen LogP contribution < -0.4 is 5.73 Å². The van der Waals surface area contributed by atoms with Gasteiger partial charge in [0.25, 0.3) is 5.91 Å². The topological polar surface area (TPSA) is 59.2 Å². The first-order chi connectivity index (χ1) is 11.7. The number of pyridine rings is 1. The SMILES string of the molecule is CC1CCN(C(=O)c2ccc(Sc3ccccn3)cc2)C(CN)C1.Cl.Cl. The van der Waals surface area contributed by atoms with Crippen LogP contribution in [0.5, 0.6) is 0 Å². The lowest BCUT2D eigenvalue weighted by atomic mass is 9.92. The average Bonchev–Trinajstić information content (AvgIpc) is 2.62. The second-order valence-electron chi connectivity index (χ2n) is 6.31. The van der Waals surface area contributed by atoms with Crippen LogP contribution in [-0.4, -0.2) is 34.9 Å². The van der Waals surface area contributed by atoms with E-state index in [0.29, 0.717) is 12.5 Å². The Labute approximate surface area is 171 Å². The average molecular weight is 414 g/mol. The Morgan fingerprint density at radius 2 is 1.96 bits per heavy atom. The lowest BCUT2D eigenvalue weighted by molar-refractivity contribution is 0.0573. The molecule has 0 bridgehead atoms. The number of piperidine rings is 1. The molecule has 1 aliphatic rings. The summed E-state index contributed by atoms with van der Waals surface area (Å²) in [5.41, 5.74) is 6.61. The van der Waals surface area contributed by atoms with Gasteiger partial charge < -0.3 is 10.6 Å². The molecule has 142 valence electrons. The van der Waals surface area contributed by atoms with E-state index in [4.69, 9.17) is 5.73 Å². The Morgan fingerprint density at radius 1 is 1.23 bits per heavy atom. The van der Waals surface area contributed by atoms with Crippen molar-refractivity contribution in [2.75, 3.05) is 13.1 Å². The van der Waals surface area contributed by atoms with Crippen LogP contribution >= 0.6 is 36.6 Å². The molecular weight excluding hydrogens is 389 g/mol. The van der Waals surface area contributed by atoms with Crippen LogP contribution in [0, 0.1) is 5.92 Å². The highest BCUT2D eigenvalue weighted by atomic mass is 35.5. The molecule has 2 aromatic rings. The summed E-state index contributed by atoms with van der Waals surface area (Å²) in [6.45, 7) is 3.56. The van der Waals surface area contributed by atoms with Crippen LogP contribution in [0.4, 0.5) is 0 Å². The number of carbonyl (C=O) groups excluding carboxylic acids is 1. The maximum atomic E-state index is 12.8. The lowest BCUT2D eigenvalue weighted by Gasteiger charge is -2.38. The van der Waals surface area contributed by atoms with Crippen molar-refractivity contribution in [2.45, 2.75) is 35.7 Å². The van der Waals surface area contributed by atoms with Gasteiger partial charge in [-0.05, 0) is 55.2 Å². The molecule has 2 unspecified atom stereocenters. The van der Waals surface area contributed by atoms with E-state index in [1.165, 1.54) is 0 Å². The number of benzene rings is 1. The summed E-state index contributed by atoms with van der Waals surface area (Å²) in [4.78, 5) is 20.1. The van der Waals surface area contributed by atoms with Crippen LogP contribution in [0.15, 0.2) is 58.6 Å². The molecule has 2 N–H and O–H groups in total. The zero-order valence-corrected chi connectivity index (χ0v) is 17.2. The molecule has 1 aromatic carbocycles. The molecule has 0 aliphatic carbocycles. The number of likely N-dealkylation sites (tertiary alicyclic amines) is 1. The molecule has 0 spiro atoms. The number of aromatic nitrogens is 1. The van der Waals surface area contributed by atoms with Gasteiger partial charge in [0.2, 0.25) is 0 Å². The fourth-order valence-electron chi connectivity index (χ4n) is 3.10. The van der Waals surface area contributed by atoms with E-state index in [-0.39, 0.29) is 36.8 Å². The summed E-state index contributed by atoms with van der Waals surface area (Å²) in [5, 5.41) is 0.949. The summed E-state index contributed by atoms with van der Waals surface area (Å²) in [6.07, 6.45) is 3.83. The van der Waals surface area contributed by atoms with E-state index >= 15 is 0 Å². The van der Waals surface area contributed by atoms with Gasteiger partial charge in [0.1, 0.15) is 5.03 Å². The third kappa shape index (κ3) is 5.61. The van der Waals surface area contributed by atoms with Crippen molar-refractivity contribution < 1.29 is 4.79 Å². The molecule has 4 nitrogen and oxygen atoms in total. The summed E-state index contributed by atoms with van der Waals surface area (Å²) in [6, 6.07) is 13.8. The van der Waals surface area contributed by atoms with Gasteiger partial charge in [0.15, 0.2) is 0 Å². The molecule has 7 heteroatoms. The van der Waals surface area contributed by atoms with Crippen LogP contribution in [0.25, 0.3) is 0 Å². The molecule has 1 fully saturated rings. The molecule has 26 heavy (non-hydrogen) atoms. The molecule has 0 saturated carbocycles. The second kappa shape index (κ2) is 10.8. The number of nitrogens with two attached hydrogens (primary N) is 1. The first-order valence-corrected chi connectivity index (χ1v) is 9.19. The highest BCUT2D eigenvalue weighted by Crippen LogP contribution is 2.27. The van der Waals surface area contributed by atoms with Gasteiger partial charge in [-0.2, -0.15) is 0 Å². The van der Waals surface area contributed by atoms with Crippen molar-refractivity contribution in [3.8, 4) is 0 Å². The van der Waals surface area contributed by atoms with Crippen molar-refractivity contribution in [1.29, 1.82) is 0 Å². The van der Waals surface area contributed by atoms with Crippen LogP contribution in [0.3, 0.4) is 0 Å². The van der Waals surface area contributed by atoms with E-state index in [0.717, 1.165) is 34.9 Å². The Kier molecular flexibility index (Phi) is 9.44. The molecule has 1 aliphatic heterocycles. The number of hydrogen-bond donors (Lipinski definition) is 1. The van der Waals surface area contributed by atoms with Crippen molar-refractivity contribution in [1.82, 2.24) is 9.88 Å². The number of hydrogen-bond acceptors (Lipinski definition) is 4. The third-order valence-corrected chi connectivity index (χ3v) is 5.43. The third-order valence-electron chi connectivity index (χ3n) is 4.47.